The maximum Gasteiger partial charge on any atom is 0.389 e. The van der Waals surface area contributed by atoms with Gasteiger partial charge in [-0.3, -0.25) is 4.79 Å². The Balaban J connectivity index is 2.35. The zero-order chi connectivity index (χ0) is 13.5. The van der Waals surface area contributed by atoms with Gasteiger partial charge in [-0.2, -0.15) is 4.68 Å². The highest BCUT2D eigenvalue weighted by Crippen LogP contribution is 2.07. The summed E-state index contributed by atoms with van der Waals surface area (Å²) >= 11 is 0. The van der Waals surface area contributed by atoms with Gasteiger partial charge in [0.15, 0.2) is 0 Å². The maximum absolute atomic E-state index is 11.1. The molecule has 100 valence electrons. The Hall–Kier alpha value is -1.96. The number of carbonyl (C=O) groups excluding carboxylic acids is 1. The van der Waals surface area contributed by atoms with Gasteiger partial charge < -0.3 is 20.0 Å². The molecular formula is C10H15N3O5. The molecule has 1 unspecified atom stereocenters. The molecule has 0 fully saturated rings. The number of rotatable bonds is 7. The lowest BCUT2D eigenvalue weighted by molar-refractivity contribution is -0.389. The number of aliphatic hydroxyl groups is 1. The number of nitro groups is 1. The Morgan fingerprint density at radius 2 is 2.44 bits per heavy atom. The molecule has 1 aromatic rings. The van der Waals surface area contributed by atoms with E-state index in [2.05, 4.69) is 9.84 Å². The number of aromatic nitrogens is 2. The Kier molecular flexibility index (Phi) is 5.25. The van der Waals surface area contributed by atoms with Crippen molar-refractivity contribution in [1.29, 1.82) is 0 Å². The van der Waals surface area contributed by atoms with E-state index in [0.29, 0.717) is 6.54 Å². The molecule has 0 aromatic carbocycles. The molecule has 0 aliphatic rings. The van der Waals surface area contributed by atoms with Gasteiger partial charge in [0.2, 0.25) is 0 Å². The molecule has 1 heterocycles. The highest BCUT2D eigenvalue weighted by Gasteiger charge is 2.14. The quantitative estimate of drug-likeness (QED) is 0.433. The lowest BCUT2D eigenvalue weighted by Crippen LogP contribution is -2.18. The fourth-order valence-corrected chi connectivity index (χ4v) is 1.37. The van der Waals surface area contributed by atoms with Gasteiger partial charge in [-0.05, 0) is 18.3 Å². The molecule has 0 bridgehead atoms. The summed E-state index contributed by atoms with van der Waals surface area (Å²) < 4.78 is 6.04. The van der Waals surface area contributed by atoms with Gasteiger partial charge >= 0.3 is 11.8 Å². The smallest absolute Gasteiger partial charge is 0.389 e. The second kappa shape index (κ2) is 6.70. The van der Waals surface area contributed by atoms with E-state index in [1.165, 1.54) is 16.9 Å². The number of ether oxygens (including phenoxy) is 1. The summed E-state index contributed by atoms with van der Waals surface area (Å²) in [5, 5.41) is 23.6. The highest BCUT2D eigenvalue weighted by atomic mass is 16.6. The van der Waals surface area contributed by atoms with E-state index in [9.17, 15) is 20.0 Å². The van der Waals surface area contributed by atoms with E-state index in [1.807, 2.05) is 0 Å². The van der Waals surface area contributed by atoms with Gasteiger partial charge in [0.05, 0.1) is 43.0 Å². The van der Waals surface area contributed by atoms with Crippen molar-refractivity contribution >= 4 is 11.8 Å². The number of nitrogens with zero attached hydrogens (tertiary/aromatic N) is 3. The first-order valence-electron chi connectivity index (χ1n) is 5.54. The molecule has 1 N–H and O–H groups in total. The molecule has 0 aliphatic carbocycles. The summed E-state index contributed by atoms with van der Waals surface area (Å²) in [5.41, 5.74) is 0. The monoisotopic (exact) mass is 257 g/mol. The molecular weight excluding hydrogens is 242 g/mol. The van der Waals surface area contributed by atoms with Gasteiger partial charge in [0.25, 0.3) is 0 Å². The summed E-state index contributed by atoms with van der Waals surface area (Å²) in [7, 11) is 0. The van der Waals surface area contributed by atoms with Crippen LogP contribution in [0.5, 0.6) is 0 Å². The summed E-state index contributed by atoms with van der Waals surface area (Å²) in [5.74, 6) is -0.702. The van der Waals surface area contributed by atoms with Crippen LogP contribution in [0.25, 0.3) is 0 Å². The van der Waals surface area contributed by atoms with Crippen molar-refractivity contribution in [3.8, 4) is 0 Å². The van der Waals surface area contributed by atoms with Crippen LogP contribution in [0.3, 0.4) is 0 Å². The molecule has 0 radical (unpaired) electrons. The summed E-state index contributed by atoms with van der Waals surface area (Å²) in [6, 6.07) is 1.28. The van der Waals surface area contributed by atoms with Gasteiger partial charge in [0, 0.05) is 0 Å². The fraction of sp³-hybridized carbons (Fsp3) is 0.600. The van der Waals surface area contributed by atoms with E-state index in [-0.39, 0.29) is 25.3 Å². The van der Waals surface area contributed by atoms with Crippen LogP contribution in [0.15, 0.2) is 12.3 Å². The van der Waals surface area contributed by atoms with E-state index < -0.39 is 17.0 Å². The number of hydrogen-bond donors (Lipinski definition) is 1. The first-order valence-corrected chi connectivity index (χ1v) is 5.54. The molecule has 0 saturated heterocycles. The normalized spacial score (nSPS) is 12.1. The first kappa shape index (κ1) is 14.1. The van der Waals surface area contributed by atoms with E-state index in [0.717, 1.165) is 0 Å². The molecule has 1 aromatic heterocycles. The van der Waals surface area contributed by atoms with E-state index in [4.69, 9.17) is 0 Å². The second-order valence-electron chi connectivity index (χ2n) is 3.65. The van der Waals surface area contributed by atoms with Crippen molar-refractivity contribution in [1.82, 2.24) is 9.78 Å². The lowest BCUT2D eigenvalue weighted by Gasteiger charge is -2.08. The molecule has 1 atom stereocenters. The van der Waals surface area contributed by atoms with Crippen LogP contribution in [0, 0.1) is 10.1 Å². The molecule has 0 amide bonds. The average molecular weight is 257 g/mol. The molecule has 0 saturated carbocycles. The van der Waals surface area contributed by atoms with Gasteiger partial charge in [-0.25, -0.2) is 0 Å². The Morgan fingerprint density at radius 1 is 1.72 bits per heavy atom. The number of esters is 1. The third-order valence-corrected chi connectivity index (χ3v) is 2.21. The zero-order valence-electron chi connectivity index (χ0n) is 9.98. The predicted molar refractivity (Wildman–Crippen MR) is 60.8 cm³/mol. The third-order valence-electron chi connectivity index (χ3n) is 2.21. The summed E-state index contributed by atoms with van der Waals surface area (Å²) in [6.07, 6.45) is 0.802. The van der Waals surface area contributed by atoms with Crippen molar-refractivity contribution in [2.45, 2.75) is 32.4 Å². The minimum absolute atomic E-state index is 0.0861. The first-order chi connectivity index (χ1) is 8.52. The lowest BCUT2D eigenvalue weighted by atomic mass is 10.2. The average Bonchev–Trinajstić information content (AvgIpc) is 2.75. The topological polar surface area (TPSA) is 107 Å². The SMILES string of the molecule is CCOC(=O)CC(O)CCn1ccc([N+](=O)[O-])n1. The van der Waals surface area contributed by atoms with Gasteiger partial charge in [-0.15, -0.1) is 0 Å². The predicted octanol–water partition coefficient (Wildman–Crippen LogP) is 0.496. The minimum Gasteiger partial charge on any atom is -0.466 e. The second-order valence-corrected chi connectivity index (χ2v) is 3.65. The number of carbonyl (C=O) groups is 1. The fourth-order valence-electron chi connectivity index (χ4n) is 1.37. The van der Waals surface area contributed by atoms with Crippen LogP contribution in [0.2, 0.25) is 0 Å². The van der Waals surface area contributed by atoms with Crippen LogP contribution < -0.4 is 0 Å². The van der Waals surface area contributed by atoms with Crippen LogP contribution >= 0.6 is 0 Å². The van der Waals surface area contributed by atoms with Crippen LogP contribution in [-0.4, -0.2) is 38.5 Å². The number of aryl methyl sites for hydroxylation is 1. The largest absolute Gasteiger partial charge is 0.466 e. The van der Waals surface area contributed by atoms with Crippen molar-refractivity contribution in [3.63, 3.8) is 0 Å². The Bertz CT molecular complexity index is 417. The molecule has 0 aliphatic heterocycles. The van der Waals surface area contributed by atoms with E-state index >= 15 is 0 Å². The Labute approximate surface area is 103 Å². The van der Waals surface area contributed by atoms with Gasteiger partial charge in [0.1, 0.15) is 0 Å². The van der Waals surface area contributed by atoms with Crippen molar-refractivity contribution in [2.24, 2.45) is 0 Å². The minimum atomic E-state index is -0.840. The third kappa shape index (κ3) is 4.50. The Morgan fingerprint density at radius 3 is 3.00 bits per heavy atom. The zero-order valence-corrected chi connectivity index (χ0v) is 9.98. The van der Waals surface area contributed by atoms with Crippen molar-refractivity contribution < 1.29 is 19.6 Å². The molecule has 0 spiro atoms. The van der Waals surface area contributed by atoms with Crippen LogP contribution in [0.4, 0.5) is 5.82 Å². The summed E-state index contributed by atoms with van der Waals surface area (Å²) in [6.45, 7) is 2.26. The van der Waals surface area contributed by atoms with Gasteiger partial charge in [-0.1, -0.05) is 0 Å². The van der Waals surface area contributed by atoms with Crippen molar-refractivity contribution in [2.75, 3.05) is 6.61 Å². The summed E-state index contributed by atoms with van der Waals surface area (Å²) in [4.78, 5) is 20.9. The van der Waals surface area contributed by atoms with Crippen LogP contribution in [0.1, 0.15) is 19.8 Å². The van der Waals surface area contributed by atoms with Crippen LogP contribution in [-0.2, 0) is 16.1 Å². The van der Waals surface area contributed by atoms with E-state index in [1.54, 1.807) is 6.92 Å². The number of aliphatic hydroxyl groups excluding tert-OH is 1. The molecule has 1 rings (SSSR count). The van der Waals surface area contributed by atoms with Crippen molar-refractivity contribution in [3.05, 3.63) is 22.4 Å². The molecule has 8 nitrogen and oxygen atoms in total. The maximum atomic E-state index is 11.1. The highest BCUT2D eigenvalue weighted by molar-refractivity contribution is 5.69. The molecule has 8 heteroatoms. The molecule has 18 heavy (non-hydrogen) atoms. The standard InChI is InChI=1S/C10H15N3O5/c1-2-18-10(15)7-8(14)3-5-12-6-4-9(11-12)13(16)17/h4,6,8,14H,2-3,5,7H2,1H3. The number of hydrogen-bond acceptors (Lipinski definition) is 6.